The average Bonchev–Trinajstić information content (AvgIpc) is 3.30. The quantitative estimate of drug-likeness (QED) is 0.418. The Labute approximate surface area is 194 Å². The minimum Gasteiger partial charge on any atom is -0.365 e. The number of anilines is 1. The molecule has 5 rings (SSSR count). The zero-order valence-electron chi connectivity index (χ0n) is 18.1. The summed E-state index contributed by atoms with van der Waals surface area (Å²) in [5, 5.41) is 16.5. The topological polar surface area (TPSA) is 132 Å². The van der Waals surface area contributed by atoms with Gasteiger partial charge in [-0.2, -0.15) is 5.26 Å². The van der Waals surface area contributed by atoms with Gasteiger partial charge in [0.1, 0.15) is 23.7 Å². The van der Waals surface area contributed by atoms with Crippen LogP contribution >= 0.6 is 0 Å². The Morgan fingerprint density at radius 3 is 2.94 bits per heavy atom. The predicted octanol–water partition coefficient (Wildman–Crippen LogP) is 3.58. The lowest BCUT2D eigenvalue weighted by atomic mass is 9.90. The summed E-state index contributed by atoms with van der Waals surface area (Å²) < 4.78 is 14.9. The highest BCUT2D eigenvalue weighted by Crippen LogP contribution is 2.31. The number of fused-ring (bicyclic) bond motifs is 1. The summed E-state index contributed by atoms with van der Waals surface area (Å²) in [6.07, 6.45) is 9.46. The first-order chi connectivity index (χ1) is 16.6. The van der Waals surface area contributed by atoms with E-state index in [1.807, 2.05) is 6.07 Å². The van der Waals surface area contributed by atoms with Crippen LogP contribution in [0.15, 0.2) is 49.2 Å². The number of nitrogens with zero attached hydrogens (tertiary/aromatic N) is 5. The fourth-order valence-corrected chi connectivity index (χ4v) is 4.34. The van der Waals surface area contributed by atoms with Gasteiger partial charge < -0.3 is 15.6 Å². The Hall–Kier alpha value is -4.39. The van der Waals surface area contributed by atoms with Crippen molar-refractivity contribution in [3.8, 4) is 17.3 Å². The first kappa shape index (κ1) is 21.5. The molecule has 1 amide bonds. The fraction of sp³-hybridized carbons (Fsp3) is 0.250. The molecule has 0 bridgehead atoms. The third kappa shape index (κ3) is 4.28. The number of rotatable bonds is 5. The average molecular weight is 456 g/mol. The molecule has 1 aliphatic carbocycles. The summed E-state index contributed by atoms with van der Waals surface area (Å²) in [6.45, 7) is 0. The van der Waals surface area contributed by atoms with E-state index in [1.54, 1.807) is 36.8 Å². The summed E-state index contributed by atoms with van der Waals surface area (Å²) in [5.41, 5.74) is 2.07. The Bertz CT molecular complexity index is 1380. The molecule has 0 radical (unpaired) electrons. The third-order valence-corrected chi connectivity index (χ3v) is 5.96. The van der Waals surface area contributed by atoms with Crippen molar-refractivity contribution in [1.29, 1.82) is 5.26 Å². The molecule has 34 heavy (non-hydrogen) atoms. The number of carbonyl (C=O) groups excluding carboxylic acids is 1. The van der Waals surface area contributed by atoms with Crippen LogP contribution in [0.5, 0.6) is 0 Å². The van der Waals surface area contributed by atoms with Gasteiger partial charge in [-0.15, -0.1) is 0 Å². The number of nitrogens with one attached hydrogen (secondary N) is 3. The van der Waals surface area contributed by atoms with Crippen LogP contribution in [0.25, 0.3) is 22.3 Å². The lowest BCUT2D eigenvalue weighted by Gasteiger charge is -2.30. The maximum absolute atomic E-state index is 14.9. The van der Waals surface area contributed by atoms with Gasteiger partial charge in [0.2, 0.25) is 0 Å². The highest BCUT2D eigenvalue weighted by molar-refractivity contribution is 5.93. The maximum atomic E-state index is 14.9. The zero-order chi connectivity index (χ0) is 23.5. The summed E-state index contributed by atoms with van der Waals surface area (Å²) in [7, 11) is 0. The molecule has 9 nitrogen and oxygen atoms in total. The van der Waals surface area contributed by atoms with Gasteiger partial charge in [-0.3, -0.25) is 9.78 Å². The van der Waals surface area contributed by atoms with Crippen LogP contribution in [0.2, 0.25) is 0 Å². The first-order valence-corrected chi connectivity index (χ1v) is 11.0. The monoisotopic (exact) mass is 456 g/mol. The van der Waals surface area contributed by atoms with E-state index >= 15 is 0 Å². The van der Waals surface area contributed by atoms with E-state index in [0.29, 0.717) is 34.4 Å². The molecule has 0 saturated heterocycles. The molecule has 170 valence electrons. The first-order valence-electron chi connectivity index (χ1n) is 11.0. The smallest absolute Gasteiger partial charge is 0.270 e. The van der Waals surface area contributed by atoms with E-state index < -0.39 is 5.82 Å². The van der Waals surface area contributed by atoms with Gasteiger partial charge in [-0.05, 0) is 43.9 Å². The molecule has 1 saturated carbocycles. The fourth-order valence-electron chi connectivity index (χ4n) is 4.34. The SMILES string of the molecule is N#Cc1cc(F)c(N[C@@H]2CCC[C@H](NC(=O)c3ccccn3)C2)nc1-c1c[nH]c2ncncc12. The van der Waals surface area contributed by atoms with Crippen LogP contribution in [-0.4, -0.2) is 42.9 Å². The summed E-state index contributed by atoms with van der Waals surface area (Å²) in [4.78, 5) is 32.3. The van der Waals surface area contributed by atoms with Gasteiger partial charge in [-0.1, -0.05) is 6.07 Å². The van der Waals surface area contributed by atoms with Crippen molar-refractivity contribution in [2.45, 2.75) is 37.8 Å². The number of hydrogen-bond donors (Lipinski definition) is 3. The molecule has 0 spiro atoms. The molecular weight excluding hydrogens is 435 g/mol. The molecule has 0 unspecified atom stereocenters. The highest BCUT2D eigenvalue weighted by atomic mass is 19.1. The highest BCUT2D eigenvalue weighted by Gasteiger charge is 2.26. The molecule has 0 aromatic carbocycles. The third-order valence-electron chi connectivity index (χ3n) is 5.96. The largest absolute Gasteiger partial charge is 0.365 e. The number of aromatic amines is 1. The van der Waals surface area contributed by atoms with E-state index in [0.717, 1.165) is 19.3 Å². The van der Waals surface area contributed by atoms with Crippen molar-refractivity contribution < 1.29 is 9.18 Å². The van der Waals surface area contributed by atoms with Crippen molar-refractivity contribution in [3.05, 3.63) is 66.3 Å². The molecular formula is C24H21FN8O. The van der Waals surface area contributed by atoms with E-state index in [9.17, 15) is 14.4 Å². The van der Waals surface area contributed by atoms with E-state index in [4.69, 9.17) is 0 Å². The van der Waals surface area contributed by atoms with E-state index in [2.05, 4.69) is 35.6 Å². The maximum Gasteiger partial charge on any atom is 0.270 e. The Balaban J connectivity index is 1.36. The van der Waals surface area contributed by atoms with Crippen LogP contribution in [0.1, 0.15) is 41.7 Å². The predicted molar refractivity (Wildman–Crippen MR) is 123 cm³/mol. The molecule has 0 aliphatic heterocycles. The molecule has 1 aliphatic rings. The molecule has 4 aromatic rings. The summed E-state index contributed by atoms with van der Waals surface area (Å²) in [6, 6.07) is 8.26. The normalized spacial score (nSPS) is 17.8. The van der Waals surface area contributed by atoms with Gasteiger partial charge in [-0.25, -0.2) is 19.3 Å². The van der Waals surface area contributed by atoms with Gasteiger partial charge in [0.15, 0.2) is 11.6 Å². The number of H-pyrrole nitrogens is 1. The lowest BCUT2D eigenvalue weighted by Crippen LogP contribution is -2.42. The second-order valence-electron chi connectivity index (χ2n) is 8.21. The standard InChI is InChI=1S/C24H21FN8O/c25-19-8-14(10-26)21(17-12-29-22-18(17)11-27-13-30-22)33-23(19)31-15-4-3-5-16(9-15)32-24(34)20-6-1-2-7-28-20/h1-2,6-8,11-13,15-16H,3-5,9H2,(H,31,33)(H,32,34)(H,27,29,30)/t15-,16+/m1/s1. The van der Waals surface area contributed by atoms with E-state index in [1.165, 1.54) is 12.4 Å². The molecule has 1 fully saturated rings. The number of amides is 1. The molecule has 10 heteroatoms. The number of nitriles is 1. The minimum atomic E-state index is -0.601. The van der Waals surface area contributed by atoms with Crippen molar-refractivity contribution in [2.24, 2.45) is 0 Å². The molecule has 4 aromatic heterocycles. The Kier molecular flexibility index (Phi) is 5.82. The van der Waals surface area contributed by atoms with Crippen molar-refractivity contribution >= 4 is 22.8 Å². The van der Waals surface area contributed by atoms with Crippen LogP contribution in [0, 0.1) is 17.1 Å². The second kappa shape index (κ2) is 9.23. The van der Waals surface area contributed by atoms with Gasteiger partial charge in [0.25, 0.3) is 5.91 Å². The van der Waals surface area contributed by atoms with E-state index in [-0.39, 0.29) is 29.4 Å². The number of aromatic nitrogens is 5. The molecule has 4 heterocycles. The lowest BCUT2D eigenvalue weighted by molar-refractivity contribution is 0.0921. The summed E-state index contributed by atoms with van der Waals surface area (Å²) in [5.74, 6) is -0.754. The molecule has 3 N–H and O–H groups in total. The van der Waals surface area contributed by atoms with Crippen LogP contribution < -0.4 is 10.6 Å². The number of carbonyl (C=O) groups is 1. The van der Waals surface area contributed by atoms with Crippen LogP contribution in [0.4, 0.5) is 10.2 Å². The van der Waals surface area contributed by atoms with Gasteiger partial charge >= 0.3 is 0 Å². The number of halogens is 1. The number of pyridine rings is 2. The van der Waals surface area contributed by atoms with Crippen molar-refractivity contribution in [2.75, 3.05) is 5.32 Å². The molecule has 2 atom stereocenters. The summed E-state index contributed by atoms with van der Waals surface area (Å²) >= 11 is 0. The zero-order valence-corrected chi connectivity index (χ0v) is 18.1. The van der Waals surface area contributed by atoms with Crippen LogP contribution in [0.3, 0.4) is 0 Å². The van der Waals surface area contributed by atoms with Crippen molar-refractivity contribution in [1.82, 2.24) is 30.2 Å². The Morgan fingerprint density at radius 1 is 1.24 bits per heavy atom. The minimum absolute atomic E-state index is 0.0626. The Morgan fingerprint density at radius 2 is 2.12 bits per heavy atom. The van der Waals surface area contributed by atoms with Crippen molar-refractivity contribution in [3.63, 3.8) is 0 Å². The number of hydrogen-bond acceptors (Lipinski definition) is 7. The second-order valence-corrected chi connectivity index (χ2v) is 8.21. The van der Waals surface area contributed by atoms with Gasteiger partial charge in [0, 0.05) is 41.6 Å². The van der Waals surface area contributed by atoms with Crippen LogP contribution in [-0.2, 0) is 0 Å². The van der Waals surface area contributed by atoms with Gasteiger partial charge in [0.05, 0.1) is 11.3 Å².